The van der Waals surface area contributed by atoms with Crippen LogP contribution in [0.1, 0.15) is 41.0 Å². The first-order valence-electron chi connectivity index (χ1n) is 6.51. The topological polar surface area (TPSA) is 73.6 Å². The number of halogens is 1. The van der Waals surface area contributed by atoms with Crippen molar-refractivity contribution < 1.29 is 4.42 Å². The number of pyridine rings is 1. The van der Waals surface area contributed by atoms with Gasteiger partial charge in [-0.25, -0.2) is 4.98 Å². The summed E-state index contributed by atoms with van der Waals surface area (Å²) in [6.45, 7) is 0. The Kier molecular flexibility index (Phi) is 3.48. The van der Waals surface area contributed by atoms with Gasteiger partial charge in [0.2, 0.25) is 0 Å². The van der Waals surface area contributed by atoms with Crippen molar-refractivity contribution >= 4 is 23.3 Å². The zero-order valence-corrected chi connectivity index (χ0v) is 11.8. The van der Waals surface area contributed by atoms with E-state index in [1.165, 1.54) is 0 Å². The minimum absolute atomic E-state index is 0.0834. The number of nitriles is 2. The summed E-state index contributed by atoms with van der Waals surface area (Å²) in [5, 5.41) is 18.6. The number of hydrogen-bond acceptors (Lipinski definition) is 4. The molecule has 0 fully saturated rings. The Labute approximate surface area is 126 Å². The quantitative estimate of drug-likeness (QED) is 0.747. The van der Waals surface area contributed by atoms with Gasteiger partial charge in [-0.3, -0.25) is 0 Å². The first-order chi connectivity index (χ1) is 10.2. The molecule has 0 aromatic carbocycles. The molecule has 0 saturated carbocycles. The van der Waals surface area contributed by atoms with Gasteiger partial charge in [-0.2, -0.15) is 10.5 Å². The van der Waals surface area contributed by atoms with Crippen LogP contribution in [0.5, 0.6) is 0 Å². The SMILES string of the molecule is N#Cc1c(Cl)nc2c(c1C#N)CCC/C2=C\c1ccco1. The van der Waals surface area contributed by atoms with Crippen LogP contribution in [0.25, 0.3) is 11.6 Å². The van der Waals surface area contributed by atoms with Crippen LogP contribution in [0.15, 0.2) is 22.8 Å². The minimum atomic E-state index is 0.0834. The Balaban J connectivity index is 2.22. The van der Waals surface area contributed by atoms with Crippen LogP contribution in [0.2, 0.25) is 5.15 Å². The summed E-state index contributed by atoms with van der Waals surface area (Å²) < 4.78 is 5.33. The van der Waals surface area contributed by atoms with Gasteiger partial charge in [0.1, 0.15) is 28.6 Å². The third kappa shape index (κ3) is 2.31. The van der Waals surface area contributed by atoms with Crippen LogP contribution in [-0.2, 0) is 6.42 Å². The Morgan fingerprint density at radius 2 is 2.05 bits per heavy atom. The van der Waals surface area contributed by atoms with E-state index in [4.69, 9.17) is 21.3 Å². The molecule has 0 radical (unpaired) electrons. The second-order valence-corrected chi connectivity index (χ2v) is 5.10. The summed E-state index contributed by atoms with van der Waals surface area (Å²) in [6, 6.07) is 7.74. The van der Waals surface area contributed by atoms with Crippen LogP contribution in [0.4, 0.5) is 0 Å². The first-order valence-corrected chi connectivity index (χ1v) is 6.89. The van der Waals surface area contributed by atoms with Crippen LogP contribution in [0.3, 0.4) is 0 Å². The molecule has 0 N–H and O–H groups in total. The second-order valence-electron chi connectivity index (χ2n) is 4.74. The van der Waals surface area contributed by atoms with E-state index in [2.05, 4.69) is 11.1 Å². The lowest BCUT2D eigenvalue weighted by molar-refractivity contribution is 0.557. The van der Waals surface area contributed by atoms with Crippen molar-refractivity contribution in [1.29, 1.82) is 10.5 Å². The van der Waals surface area contributed by atoms with Gasteiger partial charge in [0.15, 0.2) is 0 Å². The van der Waals surface area contributed by atoms with Gasteiger partial charge >= 0.3 is 0 Å². The third-order valence-electron chi connectivity index (χ3n) is 3.51. The molecule has 2 aromatic heterocycles. The molecule has 0 unspecified atom stereocenters. The summed E-state index contributed by atoms with van der Waals surface area (Å²) in [6.07, 6.45) is 5.99. The Morgan fingerprint density at radius 1 is 1.24 bits per heavy atom. The summed E-state index contributed by atoms with van der Waals surface area (Å²) >= 11 is 6.06. The van der Waals surface area contributed by atoms with E-state index in [9.17, 15) is 5.26 Å². The van der Waals surface area contributed by atoms with Gasteiger partial charge in [0, 0.05) is 0 Å². The molecule has 5 heteroatoms. The van der Waals surface area contributed by atoms with E-state index in [1.807, 2.05) is 24.3 Å². The molecule has 1 aliphatic carbocycles. The molecule has 0 amide bonds. The highest BCUT2D eigenvalue weighted by Crippen LogP contribution is 2.35. The highest BCUT2D eigenvalue weighted by atomic mass is 35.5. The van der Waals surface area contributed by atoms with Crippen LogP contribution >= 0.6 is 11.6 Å². The van der Waals surface area contributed by atoms with Crippen molar-refractivity contribution in [2.24, 2.45) is 0 Å². The lowest BCUT2D eigenvalue weighted by atomic mass is 9.87. The molecule has 0 spiro atoms. The van der Waals surface area contributed by atoms with Gasteiger partial charge < -0.3 is 4.42 Å². The van der Waals surface area contributed by atoms with Crippen LogP contribution in [0, 0.1) is 22.7 Å². The molecule has 2 heterocycles. The van der Waals surface area contributed by atoms with Crippen molar-refractivity contribution in [3.05, 3.63) is 51.7 Å². The summed E-state index contributed by atoms with van der Waals surface area (Å²) in [7, 11) is 0. The standard InChI is InChI=1S/C16H10ClN3O/c17-16-14(9-19)13(8-18)12-5-1-3-10(15(12)20-16)7-11-4-2-6-21-11/h2,4,6-7H,1,3,5H2/b10-7+. The molecule has 0 saturated heterocycles. The lowest BCUT2D eigenvalue weighted by Gasteiger charge is -2.20. The molecule has 4 nitrogen and oxygen atoms in total. The molecule has 1 aliphatic rings. The van der Waals surface area contributed by atoms with E-state index in [0.29, 0.717) is 11.3 Å². The number of hydrogen-bond donors (Lipinski definition) is 0. The Hall–Kier alpha value is -2.56. The monoisotopic (exact) mass is 295 g/mol. The van der Waals surface area contributed by atoms with Crippen molar-refractivity contribution in [3.8, 4) is 12.1 Å². The predicted octanol–water partition coefficient (Wildman–Crippen LogP) is 3.95. The lowest BCUT2D eigenvalue weighted by Crippen LogP contribution is -2.09. The molecule has 0 aliphatic heterocycles. The number of aromatic nitrogens is 1. The predicted molar refractivity (Wildman–Crippen MR) is 78.2 cm³/mol. The number of fused-ring (bicyclic) bond motifs is 1. The van der Waals surface area contributed by atoms with Gasteiger partial charge in [-0.15, -0.1) is 0 Å². The maximum absolute atomic E-state index is 9.35. The van der Waals surface area contributed by atoms with Gasteiger partial charge in [-0.1, -0.05) is 11.6 Å². The number of allylic oxidation sites excluding steroid dienone is 1. The van der Waals surface area contributed by atoms with Gasteiger partial charge in [-0.05, 0) is 48.6 Å². The smallest absolute Gasteiger partial charge is 0.148 e. The van der Waals surface area contributed by atoms with E-state index >= 15 is 0 Å². The van der Waals surface area contributed by atoms with Crippen molar-refractivity contribution in [2.75, 3.05) is 0 Å². The summed E-state index contributed by atoms with van der Waals surface area (Å²) in [5.41, 5.74) is 3.00. The summed E-state index contributed by atoms with van der Waals surface area (Å²) in [4.78, 5) is 4.34. The molecular formula is C16H10ClN3O. The zero-order chi connectivity index (χ0) is 14.8. The average molecular weight is 296 g/mol. The molecule has 0 bridgehead atoms. The average Bonchev–Trinajstić information content (AvgIpc) is 2.99. The van der Waals surface area contributed by atoms with Crippen LogP contribution < -0.4 is 0 Å². The highest BCUT2D eigenvalue weighted by molar-refractivity contribution is 6.30. The van der Waals surface area contributed by atoms with Gasteiger partial charge in [0.05, 0.1) is 17.5 Å². The number of furan rings is 1. The largest absolute Gasteiger partial charge is 0.465 e. The van der Waals surface area contributed by atoms with E-state index in [-0.39, 0.29) is 10.7 Å². The van der Waals surface area contributed by atoms with Crippen molar-refractivity contribution in [2.45, 2.75) is 19.3 Å². The Morgan fingerprint density at radius 3 is 2.71 bits per heavy atom. The Bertz CT molecular complexity index is 808. The molecule has 3 rings (SSSR count). The summed E-state index contributed by atoms with van der Waals surface area (Å²) in [5.74, 6) is 0.735. The maximum atomic E-state index is 9.35. The van der Waals surface area contributed by atoms with Crippen molar-refractivity contribution in [3.63, 3.8) is 0 Å². The molecule has 2 aromatic rings. The number of nitrogens with zero attached hydrogens (tertiary/aromatic N) is 3. The van der Waals surface area contributed by atoms with Gasteiger partial charge in [0.25, 0.3) is 0 Å². The maximum Gasteiger partial charge on any atom is 0.148 e. The molecule has 102 valence electrons. The molecule has 0 atom stereocenters. The second kappa shape index (κ2) is 5.44. The fourth-order valence-electron chi connectivity index (χ4n) is 2.59. The minimum Gasteiger partial charge on any atom is -0.465 e. The molecular weight excluding hydrogens is 286 g/mol. The third-order valence-corrected chi connectivity index (χ3v) is 3.79. The van der Waals surface area contributed by atoms with E-state index in [0.717, 1.165) is 36.2 Å². The number of rotatable bonds is 1. The van der Waals surface area contributed by atoms with Crippen LogP contribution in [-0.4, -0.2) is 4.98 Å². The molecule has 21 heavy (non-hydrogen) atoms. The first kappa shape index (κ1) is 13.4. The van der Waals surface area contributed by atoms with Crippen molar-refractivity contribution in [1.82, 2.24) is 4.98 Å². The fourth-order valence-corrected chi connectivity index (χ4v) is 2.81. The fraction of sp³-hybridized carbons (Fsp3) is 0.188. The highest BCUT2D eigenvalue weighted by Gasteiger charge is 2.24. The van der Waals surface area contributed by atoms with E-state index < -0.39 is 0 Å². The van der Waals surface area contributed by atoms with E-state index in [1.54, 1.807) is 6.26 Å². The zero-order valence-electron chi connectivity index (χ0n) is 11.1. The normalized spacial score (nSPS) is 15.3.